The van der Waals surface area contributed by atoms with E-state index in [2.05, 4.69) is 415 Å². The van der Waals surface area contributed by atoms with E-state index in [-0.39, 0.29) is 0 Å². The van der Waals surface area contributed by atoms with E-state index in [9.17, 15) is 0 Å². The van der Waals surface area contributed by atoms with Crippen molar-refractivity contribution >= 4 is 267 Å². The minimum absolute atomic E-state index is 0.881. The quantitative estimate of drug-likeness (QED) is 0.133. The van der Waals surface area contributed by atoms with Gasteiger partial charge < -0.3 is 32.4 Å². The molecule has 0 atom stereocenters. The van der Waals surface area contributed by atoms with Crippen molar-refractivity contribution in [1.82, 2.24) is 0 Å². The maximum atomic E-state index is 6.29. The Morgan fingerprint density at radius 2 is 0.406 bits per heavy atom. The van der Waals surface area contributed by atoms with Crippen LogP contribution in [0.15, 0.2) is 461 Å². The summed E-state index contributed by atoms with van der Waals surface area (Å²) >= 11 is 1.86. The summed E-state index contributed by atoms with van der Waals surface area (Å²) in [4.78, 5) is 7.07. The fourth-order valence-electron chi connectivity index (χ4n) is 20.5. The molecule has 0 unspecified atom stereocenters. The minimum atomic E-state index is 0.881. The molecule has 0 bridgehead atoms. The molecule has 0 spiro atoms. The van der Waals surface area contributed by atoms with Crippen molar-refractivity contribution in [3.05, 3.63) is 443 Å². The highest BCUT2D eigenvalue weighted by molar-refractivity contribution is 7.26. The van der Waals surface area contributed by atoms with Gasteiger partial charge in [-0.3, -0.25) is 0 Å². The van der Waals surface area contributed by atoms with Gasteiger partial charge in [-0.2, -0.15) is 0 Å². The van der Waals surface area contributed by atoms with Crippen LogP contribution in [0.2, 0.25) is 0 Å². The molecule has 5 aromatic heterocycles. The summed E-state index contributed by atoms with van der Waals surface area (Å²) in [5, 5.41) is 34.1. The second kappa shape index (κ2) is 29.5. The van der Waals surface area contributed by atoms with Crippen LogP contribution in [-0.4, -0.2) is 0 Å². The lowest BCUT2D eigenvalue weighted by Gasteiger charge is -2.27. The van der Waals surface area contributed by atoms with Gasteiger partial charge in [-0.1, -0.05) is 267 Å². The van der Waals surface area contributed by atoms with E-state index in [0.29, 0.717) is 0 Å². The number of hydrogen-bond donors (Lipinski definition) is 0. The molecule has 0 aliphatic carbocycles. The smallest absolute Gasteiger partial charge is 0.137 e. The zero-order valence-corrected chi connectivity index (χ0v) is 69.8. The number of hydrogen-bond acceptors (Lipinski definition) is 8. The van der Waals surface area contributed by atoms with Crippen LogP contribution in [0.4, 0.5) is 51.2 Å². The number of benzene rings is 23. The zero-order chi connectivity index (χ0) is 84.0. The summed E-state index contributed by atoms with van der Waals surface area (Å²) in [6.45, 7) is 0. The van der Waals surface area contributed by atoms with Crippen molar-refractivity contribution in [2.45, 2.75) is 0 Å². The predicted octanol–water partition coefficient (Wildman–Crippen LogP) is 35.8. The zero-order valence-electron chi connectivity index (χ0n) is 69.0. The molecule has 0 aliphatic rings. The molecule has 23 aromatic carbocycles. The maximum Gasteiger partial charge on any atom is 0.137 e. The van der Waals surface area contributed by atoms with E-state index in [1.165, 1.54) is 139 Å². The Labute approximate surface area is 737 Å². The molecule has 28 rings (SSSR count). The van der Waals surface area contributed by atoms with Crippen LogP contribution in [0.25, 0.3) is 205 Å². The van der Waals surface area contributed by atoms with Gasteiger partial charge in [0.05, 0.1) is 16.8 Å². The van der Waals surface area contributed by atoms with Crippen LogP contribution in [0, 0.1) is 0 Å². The van der Waals surface area contributed by atoms with E-state index in [1.807, 2.05) is 53.8 Å². The van der Waals surface area contributed by atoms with E-state index >= 15 is 0 Å². The number of rotatable bonds is 9. The maximum absolute atomic E-state index is 6.29. The summed E-state index contributed by atoms with van der Waals surface area (Å²) in [7, 11) is 0. The molecule has 0 radical (unpaired) electrons. The standard InChI is InChI=1S/C42H25NO2.C42H25NOS.C36H23NO/c1-2-9-28(10-3-1)43(35-13-8-16-38-42(35)34-12-5-7-15-37(34)44-38)29-20-22-30-27(25-29)18-17-26-19-21-32-31(40(26)30)23-24-39-41(32)33-11-4-6-14-36(33)45-39;1-2-9-28(10-3-1)43(35-13-8-16-39-42(35)34-12-5-7-15-38(34)45-39)29-20-22-30-27(25-29)18-17-26-19-21-32-31(40(26)30)23-24-37-41(32)33-11-4-6-14-36(33)44-37;1-3-9-26(10-4-1)37(27-11-5-2-6-12-27)28-18-20-29-25(23-28)16-15-24-17-19-31-30(35(24)29)21-22-34-36(31)32-13-7-8-14-33(32)38-34/h2*1-25H;1-23H. The van der Waals surface area contributed by atoms with Gasteiger partial charge in [0, 0.05) is 97.7 Å². The topological polar surface area (TPSA) is 62.3 Å². The second-order valence-electron chi connectivity index (χ2n) is 33.1. The summed E-state index contributed by atoms with van der Waals surface area (Å²) in [6, 6.07) is 158. The molecule has 598 valence electrons. The first-order valence-corrected chi connectivity index (χ1v) is 44.3. The van der Waals surface area contributed by atoms with Crippen molar-refractivity contribution < 1.29 is 17.7 Å². The third-order valence-corrected chi connectivity index (χ3v) is 27.2. The van der Waals surface area contributed by atoms with Crippen molar-refractivity contribution in [2.24, 2.45) is 0 Å². The Hall–Kier alpha value is -16.8. The highest BCUT2D eigenvalue weighted by Gasteiger charge is 2.25. The van der Waals surface area contributed by atoms with Crippen LogP contribution < -0.4 is 14.7 Å². The number of para-hydroxylation sites is 8. The van der Waals surface area contributed by atoms with Gasteiger partial charge in [0.2, 0.25) is 0 Å². The Morgan fingerprint density at radius 1 is 0.141 bits per heavy atom. The number of fused-ring (bicyclic) bond motifs is 33. The highest BCUT2D eigenvalue weighted by atomic mass is 32.1. The molecule has 7 nitrogen and oxygen atoms in total. The van der Waals surface area contributed by atoms with Gasteiger partial charge in [0.15, 0.2) is 0 Å². The second-order valence-corrected chi connectivity index (χ2v) is 34.2. The van der Waals surface area contributed by atoms with Gasteiger partial charge in [0.1, 0.15) is 44.7 Å². The molecule has 0 saturated carbocycles. The van der Waals surface area contributed by atoms with E-state index in [0.717, 1.165) is 117 Å². The average Bonchev–Trinajstić information content (AvgIpc) is 1.40. The molecule has 0 amide bonds. The minimum Gasteiger partial charge on any atom is -0.456 e. The van der Waals surface area contributed by atoms with Gasteiger partial charge in [0.25, 0.3) is 0 Å². The predicted molar refractivity (Wildman–Crippen MR) is 543 cm³/mol. The van der Waals surface area contributed by atoms with Gasteiger partial charge >= 0.3 is 0 Å². The molecule has 128 heavy (non-hydrogen) atoms. The number of furan rings is 4. The summed E-state index contributed by atoms with van der Waals surface area (Å²) < 4.78 is 27.5. The third-order valence-electron chi connectivity index (χ3n) is 26.0. The van der Waals surface area contributed by atoms with Crippen LogP contribution in [-0.2, 0) is 0 Å². The first kappa shape index (κ1) is 72.8. The van der Waals surface area contributed by atoms with Crippen LogP contribution in [0.5, 0.6) is 0 Å². The van der Waals surface area contributed by atoms with E-state index in [1.54, 1.807) is 0 Å². The molecular weight excluding hydrogens is 1580 g/mol. The third kappa shape index (κ3) is 11.7. The molecule has 0 fully saturated rings. The van der Waals surface area contributed by atoms with Crippen molar-refractivity contribution in [3.63, 3.8) is 0 Å². The lowest BCUT2D eigenvalue weighted by Crippen LogP contribution is -2.10. The van der Waals surface area contributed by atoms with E-state index < -0.39 is 0 Å². The number of anilines is 9. The summed E-state index contributed by atoms with van der Waals surface area (Å²) in [5.74, 6) is 0. The molecular formula is C120H73N3O4S. The van der Waals surface area contributed by atoms with Crippen molar-refractivity contribution in [2.75, 3.05) is 14.7 Å². The van der Waals surface area contributed by atoms with Crippen LogP contribution >= 0.6 is 11.3 Å². The SMILES string of the molecule is c1ccc(N(c2ccc3c(ccc4ccc5c(ccc6oc7ccccc7c65)c43)c2)c2cccc3oc4ccccc4c23)cc1.c1ccc(N(c2ccc3c(ccc4ccc5c(ccc6oc7ccccc7c65)c43)c2)c2cccc3sc4ccccc4c23)cc1.c1ccc(N(c2ccccc2)c2ccc3c(ccc4ccc5c(ccc6oc7ccccc7c65)c43)c2)cc1. The Morgan fingerprint density at radius 3 is 0.805 bits per heavy atom. The molecule has 5 heterocycles. The Kier molecular flexibility index (Phi) is 16.8. The van der Waals surface area contributed by atoms with Crippen LogP contribution in [0.1, 0.15) is 0 Å². The Balaban J connectivity index is 0.000000102. The van der Waals surface area contributed by atoms with Gasteiger partial charge in [-0.05, 0) is 273 Å². The molecule has 8 heteroatoms. The molecule has 0 saturated heterocycles. The van der Waals surface area contributed by atoms with Crippen molar-refractivity contribution in [1.29, 1.82) is 0 Å². The fourth-order valence-corrected chi connectivity index (χ4v) is 21.6. The largest absolute Gasteiger partial charge is 0.456 e. The van der Waals surface area contributed by atoms with Gasteiger partial charge in [-0.15, -0.1) is 11.3 Å². The first-order chi connectivity index (χ1) is 63.5. The summed E-state index contributed by atoms with van der Waals surface area (Å²) in [5.41, 5.74) is 17.5. The highest BCUT2D eigenvalue weighted by Crippen LogP contribution is 2.51. The van der Waals surface area contributed by atoms with E-state index in [4.69, 9.17) is 17.7 Å². The lowest BCUT2D eigenvalue weighted by molar-refractivity contribution is 0.668. The molecule has 28 aromatic rings. The van der Waals surface area contributed by atoms with Gasteiger partial charge in [-0.25, -0.2) is 0 Å². The number of nitrogens with zero attached hydrogens (tertiary/aromatic N) is 3. The monoisotopic (exact) mass is 1650 g/mol. The first-order valence-electron chi connectivity index (χ1n) is 43.5. The molecule has 0 N–H and O–H groups in total. The number of thiophene rings is 1. The fraction of sp³-hybridized carbons (Fsp3) is 0. The van der Waals surface area contributed by atoms with Crippen LogP contribution in [0.3, 0.4) is 0 Å². The average molecular weight is 1650 g/mol. The summed E-state index contributed by atoms with van der Waals surface area (Å²) in [6.07, 6.45) is 0. The molecule has 0 aliphatic heterocycles. The normalized spacial score (nSPS) is 11.9. The van der Waals surface area contributed by atoms with Crippen molar-refractivity contribution in [3.8, 4) is 0 Å². The lowest BCUT2D eigenvalue weighted by atomic mass is 9.94. The Bertz CT molecular complexity index is 8950.